The second kappa shape index (κ2) is 29.1. The lowest BCUT2D eigenvalue weighted by Crippen LogP contribution is -2.69. The number of esters is 1. The normalized spacial score (nSPS) is 28.2. The van der Waals surface area contributed by atoms with Gasteiger partial charge in [0.05, 0.1) is 25.0 Å². The molecule has 2 bridgehead atoms. The summed E-state index contributed by atoms with van der Waals surface area (Å²) in [5.74, 6) is -1.68. The number of fused-ring (bicyclic) bond motifs is 1. The first-order chi connectivity index (χ1) is 33.2. The monoisotopic (exact) mass is 1450 g/mol. The molecule has 37 heteroatoms. The van der Waals surface area contributed by atoms with E-state index < -0.39 is 46.0 Å². The zero-order valence-electron chi connectivity index (χ0n) is 39.4. The van der Waals surface area contributed by atoms with Gasteiger partial charge in [-0.25, -0.2) is 28.3 Å². The van der Waals surface area contributed by atoms with Gasteiger partial charge in [-0.1, -0.05) is 45.0 Å². The maximum Gasteiger partial charge on any atom is 0.374 e. The number of hydrogen-bond acceptors (Lipinski definition) is 8. The van der Waals surface area contributed by atoms with Crippen molar-refractivity contribution in [2.75, 3.05) is 7.11 Å². The van der Waals surface area contributed by atoms with E-state index in [9.17, 15) is 24.3 Å². The molecule has 396 valence electrons. The fourth-order valence-electron chi connectivity index (χ4n) is 10.8. The van der Waals surface area contributed by atoms with Crippen molar-refractivity contribution in [1.29, 1.82) is 0 Å². The molecule has 3 heterocycles. The van der Waals surface area contributed by atoms with Gasteiger partial charge in [0.15, 0.2) is 5.78 Å². The highest BCUT2D eigenvalue weighted by Crippen LogP contribution is 3.35. The largest absolute Gasteiger partial charge is 0.457 e. The number of ether oxygens (including phenoxy) is 2. The first-order valence-electron chi connectivity index (χ1n) is 21.5. The predicted octanol–water partition coefficient (Wildman–Crippen LogP) is 18.3. The van der Waals surface area contributed by atoms with Crippen LogP contribution in [0.3, 0.4) is 0 Å². The lowest BCUT2D eigenvalue weighted by molar-refractivity contribution is -0.229. The van der Waals surface area contributed by atoms with Gasteiger partial charge in [0.25, 0.3) is 0 Å². The SMILES string of the molecule is CO[C@H]1C[C@@]23CC[C@@H](C)[C@@](C)([C@H](OC(=O)c4ccco4)C[C@@H](C4=CCn5c(=O)n(-c6ccccc6)c(=O)n5C4)[C@@H]2C)[C@]3(O)C1=O.PP(P)P(P(P)P)P(P(P)P)P(P(P(P)P)P(P)P)P(P(P)P)P(P)P. The van der Waals surface area contributed by atoms with Crippen LogP contribution in [0.5, 0.6) is 0 Å². The zero-order chi connectivity index (χ0) is 52.8. The van der Waals surface area contributed by atoms with E-state index in [-0.39, 0.29) is 126 Å². The Hall–Kier alpha value is 7.22. The predicted molar refractivity (Wildman–Crippen MR) is 381 cm³/mol. The summed E-state index contributed by atoms with van der Waals surface area (Å²) in [4.78, 5) is 54.7. The van der Waals surface area contributed by atoms with E-state index in [0.29, 0.717) is 24.9 Å². The lowest BCUT2D eigenvalue weighted by atomic mass is 9.46. The van der Waals surface area contributed by atoms with Gasteiger partial charge in [-0.3, -0.25) is 4.79 Å². The Labute approximate surface area is 465 Å². The average Bonchev–Trinajstić information content (AvgIpc) is 3.99. The number of benzene rings is 1. The molecule has 1 aromatic carbocycles. The van der Waals surface area contributed by atoms with Crippen LogP contribution in [0.2, 0.25) is 0 Å². The lowest BCUT2D eigenvalue weighted by Gasteiger charge is -2.60. The summed E-state index contributed by atoms with van der Waals surface area (Å²) in [6, 6.07) is 12.0. The number of rotatable bonds is 16. The molecule has 11 nitrogen and oxygen atoms in total. The Morgan fingerprint density at radius 2 is 1.25 bits per heavy atom. The summed E-state index contributed by atoms with van der Waals surface area (Å²) in [5, 5.41) is 13.0. The van der Waals surface area contributed by atoms with Crippen molar-refractivity contribution < 1.29 is 28.6 Å². The number of furan rings is 1. The second-order valence-electron chi connectivity index (χ2n) is 17.5. The Morgan fingerprint density at radius 3 is 1.75 bits per heavy atom. The molecule has 1 aliphatic heterocycles. The molecule has 4 aliphatic rings. The molecule has 0 radical (unpaired) electrons. The third-order valence-corrected chi connectivity index (χ3v) is 181. The summed E-state index contributed by atoms with van der Waals surface area (Å²) < 4.78 is 21.4. The van der Waals surface area contributed by atoms with Crippen LogP contribution < -0.4 is 11.4 Å². The van der Waals surface area contributed by atoms with Crippen LogP contribution in [0.25, 0.3) is 5.69 Å². The van der Waals surface area contributed by atoms with Gasteiger partial charge >= 0.3 is 17.3 Å². The van der Waals surface area contributed by atoms with E-state index >= 15 is 0 Å². The minimum absolute atomic E-state index is 0.0193. The number of Topliss-reactive ketones (excluding diaryl/α,β-unsaturated/α-hetero) is 1. The van der Waals surface area contributed by atoms with Gasteiger partial charge in [-0.2, -0.15) is 0 Å². The smallest absolute Gasteiger partial charge is 0.374 e. The van der Waals surface area contributed by atoms with Crippen molar-refractivity contribution >= 4 is 221 Å². The number of para-hydroxylation sites is 1. The molecule has 0 spiro atoms. The number of carbonyl (C=O) groups is 2. The van der Waals surface area contributed by atoms with Crippen LogP contribution in [0, 0.1) is 28.6 Å². The minimum Gasteiger partial charge on any atom is -0.457 e. The van der Waals surface area contributed by atoms with E-state index in [2.05, 4.69) is 132 Å². The first-order valence-corrected chi connectivity index (χ1v) is 68.0. The molecule has 3 aliphatic carbocycles. The standard InChI is InChI=1S/C34H39N3O8.H28P26/c1-20-12-14-33-18-26(43-4)28(38)34(33,42)32(20,3)27(45-29(39)25-11-8-16-44-25)17-24(21(33)2)22-13-15-35-30(40)37(31(41)36(35)19-22)23-9-6-5-7-10-23;1-15(2)22(16(3)4)25(21(13)14)26(23(17(5)6)18(7)8)24(19(9)10)20(11)12/h5-11,13,16,20-21,24,26-27,42H,12,14-15,17-19H2,1-4H3;1-14H2/t20-,21+,24-,26+,27-,32+,33+,34-;/m1./s1. The third-order valence-electron chi connectivity index (χ3n) is 14.2. The average molecular weight is 1450 g/mol. The number of aromatic nitrogens is 3. The van der Waals surface area contributed by atoms with Gasteiger partial charge in [0.1, 0.15) is 17.8 Å². The Balaban J connectivity index is 0.000000273. The molecule has 0 amide bonds. The minimum atomic E-state index is -1.83. The molecule has 3 saturated carbocycles. The molecular formula is C34H67N3O8P26. The van der Waals surface area contributed by atoms with E-state index in [4.69, 9.17) is 13.9 Å². The molecule has 15 unspecified atom stereocenters. The Bertz CT molecular complexity index is 2440. The van der Waals surface area contributed by atoms with Crippen LogP contribution in [0.15, 0.2) is 74.4 Å². The Morgan fingerprint density at radius 1 is 0.732 bits per heavy atom. The van der Waals surface area contributed by atoms with Gasteiger partial charge in [0.2, 0.25) is 5.76 Å². The first kappa shape index (κ1) is 67.3. The van der Waals surface area contributed by atoms with Gasteiger partial charge in [0, 0.05) is 17.9 Å². The third kappa shape index (κ3) is 13.8. The summed E-state index contributed by atoms with van der Waals surface area (Å²) in [5.41, 5.74) is -3.29. The van der Waals surface area contributed by atoms with E-state index in [1.165, 1.54) is 33.4 Å². The molecule has 3 aromatic rings. The van der Waals surface area contributed by atoms with Gasteiger partial charge in [-0.05, 0) is 157 Å². The van der Waals surface area contributed by atoms with E-state index in [0.717, 1.165) is 12.0 Å². The van der Waals surface area contributed by atoms with Crippen LogP contribution in [0.4, 0.5) is 0 Å². The van der Waals surface area contributed by atoms with E-state index in [1.807, 2.05) is 26.0 Å². The molecule has 2 aromatic heterocycles. The summed E-state index contributed by atoms with van der Waals surface area (Å²) in [6.07, 6.45) is 3.72. The van der Waals surface area contributed by atoms with Crippen LogP contribution in [-0.4, -0.2) is 55.7 Å². The molecular weight excluding hydrogens is 1380 g/mol. The number of hydrogen-bond donors (Lipinski definition) is 1. The van der Waals surface area contributed by atoms with Crippen LogP contribution in [0.1, 0.15) is 57.0 Å². The maximum atomic E-state index is 14.2. The highest BCUT2D eigenvalue weighted by molar-refractivity contribution is 9.41. The van der Waals surface area contributed by atoms with Crippen molar-refractivity contribution in [2.24, 2.45) is 28.6 Å². The van der Waals surface area contributed by atoms with Crippen LogP contribution in [-0.2, 0) is 27.4 Å². The summed E-state index contributed by atoms with van der Waals surface area (Å²) in [7, 11) is 46.8. The number of allylic oxidation sites excluding steroid dienone is 2. The summed E-state index contributed by atoms with van der Waals surface area (Å²) >= 11 is 0. The number of aliphatic hydroxyl groups is 1. The van der Waals surface area contributed by atoms with Gasteiger partial charge < -0.3 is 19.0 Å². The van der Waals surface area contributed by atoms with Crippen LogP contribution >= 0.6 is 209 Å². The Kier molecular flexibility index (Phi) is 27.6. The molecule has 1 N–H and O–H groups in total. The second-order valence-corrected chi connectivity index (χ2v) is 122. The summed E-state index contributed by atoms with van der Waals surface area (Å²) in [6.45, 7) is 6.51. The van der Waals surface area contributed by atoms with E-state index in [1.54, 1.807) is 30.3 Å². The van der Waals surface area contributed by atoms with Crippen molar-refractivity contribution in [3.8, 4) is 5.69 Å². The van der Waals surface area contributed by atoms with Crippen molar-refractivity contribution in [1.82, 2.24) is 13.9 Å². The number of methoxy groups -OCH3 is 1. The van der Waals surface area contributed by atoms with Crippen molar-refractivity contribution in [2.45, 2.75) is 77.4 Å². The molecule has 0 saturated heterocycles. The van der Waals surface area contributed by atoms with Gasteiger partial charge in [-0.15, -0.1) is 125 Å². The zero-order valence-corrected chi connectivity index (χ0v) is 66.3. The topological polar surface area (TPSA) is 135 Å². The van der Waals surface area contributed by atoms with Crippen molar-refractivity contribution in [3.63, 3.8) is 0 Å². The molecule has 3 fully saturated rings. The fourth-order valence-corrected chi connectivity index (χ4v) is 345. The molecule has 23 atom stereocenters. The fraction of sp³-hybridized carbons (Fsp3) is 0.529. The maximum absolute atomic E-state index is 14.2. The number of carbonyl (C=O) groups excluding carboxylic acids is 2. The quantitative estimate of drug-likeness (QED) is 0.0851. The highest BCUT2D eigenvalue weighted by Gasteiger charge is 2.79. The number of nitrogens with zero attached hydrogens (tertiary/aromatic N) is 3. The molecule has 7 rings (SSSR count). The highest BCUT2D eigenvalue weighted by atomic mass is 33.5. The van der Waals surface area contributed by atoms with Crippen molar-refractivity contribution in [3.05, 3.63) is 87.1 Å². The molecule has 71 heavy (non-hydrogen) atoms. The number of ketones is 1.